The largest absolute Gasteiger partial charge is 0.313 e. The molecule has 3 aliphatic heterocycles. The summed E-state index contributed by atoms with van der Waals surface area (Å²) in [5, 5.41) is 3.86. The molecule has 0 amide bonds. The van der Waals surface area contributed by atoms with Crippen LogP contribution in [0.15, 0.2) is 0 Å². The summed E-state index contributed by atoms with van der Waals surface area (Å²) in [7, 11) is 2.25. The Morgan fingerprint density at radius 3 is 2.75 bits per heavy atom. The topological polar surface area (TPSA) is 18.5 Å². The molecule has 0 aromatic carbocycles. The maximum absolute atomic E-state index is 3.86. The molecule has 0 spiro atoms. The van der Waals surface area contributed by atoms with E-state index < -0.39 is 0 Å². The van der Waals surface area contributed by atoms with Crippen LogP contribution in [0.25, 0.3) is 0 Å². The Bertz CT molecular complexity index is 243. The van der Waals surface area contributed by atoms with Crippen LogP contribution in [0.1, 0.15) is 19.3 Å². The van der Waals surface area contributed by atoms with Crippen LogP contribution in [0.5, 0.6) is 0 Å². The van der Waals surface area contributed by atoms with Gasteiger partial charge in [0.25, 0.3) is 0 Å². The highest BCUT2D eigenvalue weighted by Crippen LogP contribution is 2.27. The highest BCUT2D eigenvalue weighted by molar-refractivity contribution is 4.91. The highest BCUT2D eigenvalue weighted by atomic mass is 15.2. The predicted molar refractivity (Wildman–Crippen MR) is 66.6 cm³/mol. The number of nitrogens with one attached hydrogen (secondary N) is 1. The molecule has 3 saturated heterocycles. The predicted octanol–water partition coefficient (Wildman–Crippen LogP) is 0.622. The van der Waals surface area contributed by atoms with Crippen molar-refractivity contribution in [2.45, 2.75) is 25.3 Å². The normalized spacial score (nSPS) is 44.1. The molecule has 3 aliphatic rings. The van der Waals surface area contributed by atoms with Gasteiger partial charge in [-0.05, 0) is 64.3 Å². The molecule has 0 radical (unpaired) electrons. The first-order valence-corrected chi connectivity index (χ1v) is 6.95. The fraction of sp³-hybridized carbons (Fsp3) is 1.00. The van der Waals surface area contributed by atoms with Gasteiger partial charge in [0.05, 0.1) is 0 Å². The quantitative estimate of drug-likeness (QED) is 0.757. The Kier molecular flexibility index (Phi) is 3.18. The minimum atomic E-state index is 0.824. The van der Waals surface area contributed by atoms with Gasteiger partial charge >= 0.3 is 0 Å². The zero-order valence-corrected chi connectivity index (χ0v) is 10.5. The first-order valence-electron chi connectivity index (χ1n) is 6.95. The van der Waals surface area contributed by atoms with E-state index >= 15 is 0 Å². The van der Waals surface area contributed by atoms with Gasteiger partial charge in [-0.3, -0.25) is 0 Å². The molecular formula is C13H25N3. The van der Waals surface area contributed by atoms with Crippen LogP contribution in [0.3, 0.4) is 0 Å². The lowest BCUT2D eigenvalue weighted by molar-refractivity contribution is 0.216. The van der Waals surface area contributed by atoms with Crippen molar-refractivity contribution in [1.82, 2.24) is 15.1 Å². The van der Waals surface area contributed by atoms with E-state index in [1.165, 1.54) is 58.5 Å². The van der Waals surface area contributed by atoms with E-state index in [0.717, 1.165) is 17.9 Å². The van der Waals surface area contributed by atoms with Gasteiger partial charge in [0.2, 0.25) is 0 Å². The third kappa shape index (κ3) is 2.27. The molecular weight excluding hydrogens is 198 g/mol. The number of hydrogen-bond acceptors (Lipinski definition) is 3. The summed E-state index contributed by atoms with van der Waals surface area (Å²) in [6, 6.07) is 0.824. The number of piperidine rings is 1. The molecule has 3 nitrogen and oxygen atoms in total. The minimum Gasteiger partial charge on any atom is -0.313 e. The second-order valence-electron chi connectivity index (χ2n) is 6.07. The molecule has 3 fully saturated rings. The molecule has 3 rings (SSSR count). The Morgan fingerprint density at radius 1 is 1.06 bits per heavy atom. The molecule has 16 heavy (non-hydrogen) atoms. The first-order chi connectivity index (χ1) is 7.81. The lowest BCUT2D eigenvalue weighted by atomic mass is 9.93. The third-order valence-corrected chi connectivity index (χ3v) is 4.79. The summed E-state index contributed by atoms with van der Waals surface area (Å²) in [5.74, 6) is 1.86. The number of fused-ring (bicyclic) bond motifs is 2. The van der Waals surface area contributed by atoms with Crippen LogP contribution >= 0.6 is 0 Å². The van der Waals surface area contributed by atoms with Crippen LogP contribution < -0.4 is 5.32 Å². The average molecular weight is 223 g/mol. The molecule has 0 aromatic rings. The Morgan fingerprint density at radius 2 is 1.94 bits per heavy atom. The third-order valence-electron chi connectivity index (χ3n) is 4.79. The molecule has 1 N–H and O–H groups in total. The summed E-state index contributed by atoms with van der Waals surface area (Å²) in [6.07, 6.45) is 4.21. The van der Waals surface area contributed by atoms with Crippen molar-refractivity contribution in [2.75, 3.05) is 46.3 Å². The number of nitrogens with zero attached hydrogens (tertiary/aromatic N) is 2. The van der Waals surface area contributed by atoms with Gasteiger partial charge in [0.15, 0.2) is 0 Å². The Labute approximate surface area is 99.2 Å². The fourth-order valence-corrected chi connectivity index (χ4v) is 3.73. The summed E-state index contributed by atoms with van der Waals surface area (Å²) < 4.78 is 0. The van der Waals surface area contributed by atoms with E-state index in [2.05, 4.69) is 22.2 Å². The standard InChI is InChI=1S/C13H25N3/c1-15-5-2-11(9-15)8-14-13-4-7-16-6-3-12(13)10-16/h11-14H,2-10H2,1H3. The summed E-state index contributed by atoms with van der Waals surface area (Å²) in [5.41, 5.74) is 0. The van der Waals surface area contributed by atoms with Crippen LogP contribution in [0.2, 0.25) is 0 Å². The van der Waals surface area contributed by atoms with Gasteiger partial charge < -0.3 is 15.1 Å². The molecule has 92 valence electrons. The van der Waals surface area contributed by atoms with Gasteiger partial charge in [-0.25, -0.2) is 0 Å². The van der Waals surface area contributed by atoms with Crippen LogP contribution in [0.4, 0.5) is 0 Å². The Balaban J connectivity index is 1.44. The molecule has 3 heteroatoms. The maximum Gasteiger partial charge on any atom is 0.0120 e. The molecule has 2 bridgehead atoms. The van der Waals surface area contributed by atoms with Crippen molar-refractivity contribution >= 4 is 0 Å². The van der Waals surface area contributed by atoms with Gasteiger partial charge in [0, 0.05) is 19.1 Å². The van der Waals surface area contributed by atoms with Crippen molar-refractivity contribution in [3.05, 3.63) is 0 Å². The lowest BCUT2D eigenvalue weighted by Crippen LogP contribution is -2.45. The fourth-order valence-electron chi connectivity index (χ4n) is 3.73. The van der Waals surface area contributed by atoms with Gasteiger partial charge in [0.1, 0.15) is 0 Å². The number of rotatable bonds is 3. The van der Waals surface area contributed by atoms with E-state index in [4.69, 9.17) is 0 Å². The molecule has 0 saturated carbocycles. The lowest BCUT2D eigenvalue weighted by Gasteiger charge is -2.31. The summed E-state index contributed by atoms with van der Waals surface area (Å²) >= 11 is 0. The second kappa shape index (κ2) is 4.63. The Hall–Kier alpha value is -0.120. The number of likely N-dealkylation sites (tertiary alicyclic amines) is 1. The van der Waals surface area contributed by atoms with Crippen LogP contribution in [-0.4, -0.2) is 62.2 Å². The van der Waals surface area contributed by atoms with Crippen LogP contribution in [0, 0.1) is 11.8 Å². The monoisotopic (exact) mass is 223 g/mol. The average Bonchev–Trinajstić information content (AvgIpc) is 2.86. The summed E-state index contributed by atoms with van der Waals surface area (Å²) in [4.78, 5) is 5.09. The van der Waals surface area contributed by atoms with Crippen molar-refractivity contribution in [3.63, 3.8) is 0 Å². The van der Waals surface area contributed by atoms with E-state index in [1.807, 2.05) is 0 Å². The van der Waals surface area contributed by atoms with E-state index in [0.29, 0.717) is 0 Å². The molecule has 3 heterocycles. The zero-order valence-electron chi connectivity index (χ0n) is 10.5. The number of hydrogen-bond donors (Lipinski definition) is 1. The van der Waals surface area contributed by atoms with Gasteiger partial charge in [-0.15, -0.1) is 0 Å². The molecule has 4 unspecified atom stereocenters. The minimum absolute atomic E-state index is 0.824. The maximum atomic E-state index is 3.86. The second-order valence-corrected chi connectivity index (χ2v) is 6.07. The smallest absolute Gasteiger partial charge is 0.0120 e. The van der Waals surface area contributed by atoms with Crippen molar-refractivity contribution in [1.29, 1.82) is 0 Å². The van der Waals surface area contributed by atoms with Gasteiger partial charge in [-0.2, -0.15) is 0 Å². The van der Waals surface area contributed by atoms with Gasteiger partial charge in [-0.1, -0.05) is 0 Å². The molecule has 0 aliphatic carbocycles. The highest BCUT2D eigenvalue weighted by Gasteiger charge is 2.34. The van der Waals surface area contributed by atoms with Crippen molar-refractivity contribution in [2.24, 2.45) is 11.8 Å². The SMILES string of the molecule is CN1CCC(CNC2CCN3CCC2C3)C1. The first kappa shape index (κ1) is 11.0. The van der Waals surface area contributed by atoms with E-state index in [1.54, 1.807) is 0 Å². The van der Waals surface area contributed by atoms with Crippen LogP contribution in [-0.2, 0) is 0 Å². The van der Waals surface area contributed by atoms with E-state index in [9.17, 15) is 0 Å². The van der Waals surface area contributed by atoms with Crippen molar-refractivity contribution in [3.8, 4) is 0 Å². The molecule has 0 aromatic heterocycles. The zero-order chi connectivity index (χ0) is 11.0. The van der Waals surface area contributed by atoms with E-state index in [-0.39, 0.29) is 0 Å². The summed E-state index contributed by atoms with van der Waals surface area (Å²) in [6.45, 7) is 7.91. The molecule has 4 atom stereocenters. The van der Waals surface area contributed by atoms with Crippen molar-refractivity contribution < 1.29 is 0 Å².